The van der Waals surface area contributed by atoms with Crippen LogP contribution in [0.5, 0.6) is 0 Å². The first-order valence-electron chi connectivity index (χ1n) is 10.7. The van der Waals surface area contributed by atoms with Crippen LogP contribution in [0, 0.1) is 17.2 Å². The molecule has 32 heavy (non-hydrogen) atoms. The van der Waals surface area contributed by atoms with Crippen molar-refractivity contribution in [2.24, 2.45) is 5.92 Å². The van der Waals surface area contributed by atoms with E-state index in [0.29, 0.717) is 16.5 Å². The molecular formula is C26H24N2O3S. The van der Waals surface area contributed by atoms with Crippen LogP contribution in [0.4, 0.5) is 5.00 Å². The van der Waals surface area contributed by atoms with E-state index in [4.69, 9.17) is 4.74 Å². The van der Waals surface area contributed by atoms with E-state index in [1.54, 1.807) is 13.0 Å². The molecule has 1 aliphatic rings. The van der Waals surface area contributed by atoms with Crippen LogP contribution in [-0.2, 0) is 22.4 Å². The number of benzene rings is 2. The lowest BCUT2D eigenvalue weighted by Crippen LogP contribution is -2.17. The largest absolute Gasteiger partial charge is 0.462 e. The van der Waals surface area contributed by atoms with Gasteiger partial charge in [0, 0.05) is 4.88 Å². The van der Waals surface area contributed by atoms with Gasteiger partial charge in [0.05, 0.1) is 12.2 Å². The maximum absolute atomic E-state index is 13.0. The minimum absolute atomic E-state index is 0.0177. The van der Waals surface area contributed by atoms with Crippen molar-refractivity contribution in [2.45, 2.75) is 33.1 Å². The summed E-state index contributed by atoms with van der Waals surface area (Å²) in [4.78, 5) is 26.8. The summed E-state index contributed by atoms with van der Waals surface area (Å²) in [5, 5.41) is 15.0. The van der Waals surface area contributed by atoms with E-state index in [1.165, 1.54) is 11.3 Å². The van der Waals surface area contributed by atoms with Crippen molar-refractivity contribution >= 4 is 45.1 Å². The first kappa shape index (κ1) is 21.8. The predicted octanol–water partition coefficient (Wildman–Crippen LogP) is 5.75. The van der Waals surface area contributed by atoms with Gasteiger partial charge in [0.2, 0.25) is 0 Å². The van der Waals surface area contributed by atoms with Crippen LogP contribution in [0.15, 0.2) is 48.0 Å². The van der Waals surface area contributed by atoms with Gasteiger partial charge in [-0.15, -0.1) is 11.3 Å². The summed E-state index contributed by atoms with van der Waals surface area (Å²) in [7, 11) is 0. The standard InChI is InChI=1S/C26H24N2O3S/c1-3-31-26(30)23-21-12-11-16(2)13-22(21)32-25(23)28-24(29)19(15-27)14-18-9-6-8-17-7-4-5-10-20(17)18/h4-10,14,16H,3,11-13H2,1-2H3,(H,28,29). The number of hydrogen-bond donors (Lipinski definition) is 1. The molecule has 0 radical (unpaired) electrons. The minimum Gasteiger partial charge on any atom is -0.462 e. The van der Waals surface area contributed by atoms with Gasteiger partial charge < -0.3 is 10.1 Å². The summed E-state index contributed by atoms with van der Waals surface area (Å²) in [6.45, 7) is 4.21. The quantitative estimate of drug-likeness (QED) is 0.309. The molecule has 0 spiro atoms. The molecule has 0 fully saturated rings. The summed E-state index contributed by atoms with van der Waals surface area (Å²) in [5.74, 6) is -0.426. The van der Waals surface area contributed by atoms with Crippen LogP contribution in [-0.4, -0.2) is 18.5 Å². The molecule has 1 unspecified atom stereocenters. The van der Waals surface area contributed by atoms with Gasteiger partial charge >= 0.3 is 5.97 Å². The third-order valence-electron chi connectivity index (χ3n) is 5.71. The molecule has 2 aromatic carbocycles. The molecular weight excluding hydrogens is 420 g/mol. The highest BCUT2D eigenvalue weighted by atomic mass is 32.1. The van der Waals surface area contributed by atoms with Crippen LogP contribution >= 0.6 is 11.3 Å². The first-order chi connectivity index (χ1) is 15.5. The van der Waals surface area contributed by atoms with Crippen LogP contribution in [0.2, 0.25) is 0 Å². The molecule has 0 bridgehead atoms. The van der Waals surface area contributed by atoms with Gasteiger partial charge in [0.15, 0.2) is 0 Å². The molecule has 162 valence electrons. The summed E-state index contributed by atoms with van der Waals surface area (Å²) in [5.41, 5.74) is 2.18. The molecule has 3 aromatic rings. The highest BCUT2D eigenvalue weighted by molar-refractivity contribution is 7.17. The highest BCUT2D eigenvalue weighted by Gasteiger charge is 2.29. The van der Waals surface area contributed by atoms with Crippen LogP contribution in [0.25, 0.3) is 16.8 Å². The fourth-order valence-corrected chi connectivity index (χ4v) is 5.50. The SMILES string of the molecule is CCOC(=O)c1c(NC(=O)C(C#N)=Cc2cccc3ccccc23)sc2c1CCC(C)C2. The third-order valence-corrected chi connectivity index (χ3v) is 6.88. The Labute approximate surface area is 191 Å². The van der Waals surface area contributed by atoms with E-state index in [-0.39, 0.29) is 12.2 Å². The fraction of sp³-hybridized carbons (Fsp3) is 0.269. The normalized spacial score (nSPS) is 15.7. The van der Waals surface area contributed by atoms with Crippen LogP contribution in [0.1, 0.15) is 46.6 Å². The molecule has 1 amide bonds. The lowest BCUT2D eigenvalue weighted by molar-refractivity contribution is -0.112. The molecule has 5 nitrogen and oxygen atoms in total. The van der Waals surface area contributed by atoms with Crippen molar-refractivity contribution in [3.05, 3.63) is 69.6 Å². The molecule has 4 rings (SSSR count). The molecule has 6 heteroatoms. The first-order valence-corrected chi connectivity index (χ1v) is 11.6. The van der Waals surface area contributed by atoms with Gasteiger partial charge in [-0.3, -0.25) is 4.79 Å². The number of esters is 1. The molecule has 0 aliphatic heterocycles. The number of thiophene rings is 1. The zero-order valence-corrected chi connectivity index (χ0v) is 18.9. The molecule has 1 atom stereocenters. The number of nitrogens with one attached hydrogen (secondary N) is 1. The van der Waals surface area contributed by atoms with E-state index >= 15 is 0 Å². The Kier molecular flexibility index (Phi) is 6.38. The number of carbonyl (C=O) groups is 2. The van der Waals surface area contributed by atoms with E-state index in [9.17, 15) is 14.9 Å². The van der Waals surface area contributed by atoms with Gasteiger partial charge in [0.1, 0.15) is 16.6 Å². The number of carbonyl (C=O) groups excluding carboxylic acids is 2. The van der Waals surface area contributed by atoms with Crippen molar-refractivity contribution in [1.29, 1.82) is 5.26 Å². The van der Waals surface area contributed by atoms with Crippen molar-refractivity contribution < 1.29 is 14.3 Å². The van der Waals surface area contributed by atoms with E-state index in [0.717, 1.165) is 46.0 Å². The second-order valence-electron chi connectivity index (χ2n) is 7.97. The second-order valence-corrected chi connectivity index (χ2v) is 9.07. The van der Waals surface area contributed by atoms with Crippen LogP contribution < -0.4 is 5.32 Å². The number of fused-ring (bicyclic) bond motifs is 2. The fourth-order valence-electron chi connectivity index (χ4n) is 4.11. The summed E-state index contributed by atoms with van der Waals surface area (Å²) >= 11 is 1.42. The number of nitrogens with zero attached hydrogens (tertiary/aromatic N) is 1. The minimum atomic E-state index is -0.530. The maximum Gasteiger partial charge on any atom is 0.341 e. The second kappa shape index (κ2) is 9.37. The summed E-state index contributed by atoms with van der Waals surface area (Å²) in [6.07, 6.45) is 4.25. The lowest BCUT2D eigenvalue weighted by Gasteiger charge is -2.18. The number of amides is 1. The lowest BCUT2D eigenvalue weighted by atomic mass is 9.88. The average molecular weight is 445 g/mol. The van der Waals surface area contributed by atoms with Gasteiger partial charge in [-0.1, -0.05) is 49.4 Å². The number of nitriles is 1. The maximum atomic E-state index is 13.0. The number of hydrogen-bond acceptors (Lipinski definition) is 5. The van der Waals surface area contributed by atoms with E-state index in [2.05, 4.69) is 12.2 Å². The molecule has 1 aliphatic carbocycles. The van der Waals surface area contributed by atoms with Gasteiger partial charge in [0.25, 0.3) is 5.91 Å². The number of anilines is 1. The molecule has 1 heterocycles. The number of ether oxygens (including phenoxy) is 1. The van der Waals surface area contributed by atoms with Crippen molar-refractivity contribution in [3.63, 3.8) is 0 Å². The Morgan fingerprint density at radius 1 is 1.25 bits per heavy atom. The van der Waals surface area contributed by atoms with E-state index in [1.807, 2.05) is 48.5 Å². The molecule has 1 aromatic heterocycles. The Morgan fingerprint density at radius 3 is 2.81 bits per heavy atom. The zero-order chi connectivity index (χ0) is 22.7. The highest BCUT2D eigenvalue weighted by Crippen LogP contribution is 2.40. The predicted molar refractivity (Wildman–Crippen MR) is 128 cm³/mol. The smallest absolute Gasteiger partial charge is 0.341 e. The Bertz CT molecular complexity index is 1260. The third kappa shape index (κ3) is 4.30. The van der Waals surface area contributed by atoms with E-state index < -0.39 is 11.9 Å². The van der Waals surface area contributed by atoms with Gasteiger partial charge in [-0.05, 0) is 60.1 Å². The van der Waals surface area contributed by atoms with Gasteiger partial charge in [-0.25, -0.2) is 4.79 Å². The Morgan fingerprint density at radius 2 is 2.03 bits per heavy atom. The molecule has 1 N–H and O–H groups in total. The monoisotopic (exact) mass is 444 g/mol. The van der Waals surface area contributed by atoms with Crippen LogP contribution in [0.3, 0.4) is 0 Å². The van der Waals surface area contributed by atoms with Crippen molar-refractivity contribution in [2.75, 3.05) is 11.9 Å². The molecule has 0 saturated heterocycles. The van der Waals surface area contributed by atoms with Crippen molar-refractivity contribution in [3.8, 4) is 6.07 Å². The molecule has 0 saturated carbocycles. The topological polar surface area (TPSA) is 79.2 Å². The number of rotatable bonds is 5. The van der Waals surface area contributed by atoms with Gasteiger partial charge in [-0.2, -0.15) is 5.26 Å². The summed E-state index contributed by atoms with van der Waals surface area (Å²) in [6, 6.07) is 15.6. The average Bonchev–Trinajstić information content (AvgIpc) is 3.14. The Hall–Kier alpha value is -3.43. The van der Waals surface area contributed by atoms with Crippen molar-refractivity contribution in [1.82, 2.24) is 0 Å². The summed E-state index contributed by atoms with van der Waals surface area (Å²) < 4.78 is 5.27. The zero-order valence-electron chi connectivity index (χ0n) is 18.1. The Balaban J connectivity index is 1.69.